The fraction of sp³-hybridized carbons (Fsp3) is 0.250. The summed E-state index contributed by atoms with van der Waals surface area (Å²) in [6.45, 7) is 4.24. The molecule has 1 aromatic carbocycles. The Bertz CT molecular complexity index is 163. The summed E-state index contributed by atoms with van der Waals surface area (Å²) in [7, 11) is 0. The zero-order valence-corrected chi connectivity index (χ0v) is 9.55. The van der Waals surface area contributed by atoms with Crippen molar-refractivity contribution in [1.82, 2.24) is 0 Å². The molecule has 1 aromatic rings. The monoisotopic (exact) mass is 266 g/mol. The first kappa shape index (κ1) is 12.8. The van der Waals surface area contributed by atoms with Crippen LogP contribution in [-0.2, 0) is 0 Å². The maximum absolute atomic E-state index is 2.12. The highest BCUT2D eigenvalue weighted by Gasteiger charge is 1.83. The highest BCUT2D eigenvalue weighted by Crippen LogP contribution is 2.02. The third-order valence-corrected chi connectivity index (χ3v) is 1.43. The molecule has 0 aliphatic rings. The van der Waals surface area contributed by atoms with E-state index in [1.54, 1.807) is 0 Å². The largest absolute Gasteiger partial charge is 0.114 e. The lowest BCUT2D eigenvalue weighted by Gasteiger charge is -1.93. The van der Waals surface area contributed by atoms with Crippen LogP contribution < -0.4 is 0 Å². The molecule has 2 heteroatoms. The molecule has 0 nitrogen and oxygen atoms in total. The van der Waals surface area contributed by atoms with Crippen molar-refractivity contribution in [3.05, 3.63) is 35.4 Å². The summed E-state index contributed by atoms with van der Waals surface area (Å²) < 4.78 is 0. The van der Waals surface area contributed by atoms with Gasteiger partial charge in [0.25, 0.3) is 0 Å². The van der Waals surface area contributed by atoms with E-state index in [0.29, 0.717) is 0 Å². The second-order valence-corrected chi connectivity index (χ2v) is 2.08. The van der Waals surface area contributed by atoms with E-state index in [9.17, 15) is 0 Å². The summed E-state index contributed by atoms with van der Waals surface area (Å²) in [6, 6.07) is 8.36. The predicted molar refractivity (Wildman–Crippen MR) is 56.6 cm³/mol. The average Bonchev–Trinajstić information content (AvgIpc) is 1.77. The summed E-state index contributed by atoms with van der Waals surface area (Å²) >= 11 is 0. The van der Waals surface area contributed by atoms with Gasteiger partial charge in [0.15, 0.2) is 0 Å². The van der Waals surface area contributed by atoms with Gasteiger partial charge in [0.1, 0.15) is 0 Å². The van der Waals surface area contributed by atoms with Crippen molar-refractivity contribution in [2.75, 3.05) is 0 Å². The van der Waals surface area contributed by atoms with Crippen molar-refractivity contribution in [3.8, 4) is 0 Å². The number of hydrogen-bond donors (Lipinski definition) is 0. The third kappa shape index (κ3) is 3.37. The number of rotatable bonds is 0. The molecular formula is C8H12Br2. The van der Waals surface area contributed by atoms with Crippen LogP contribution in [0.3, 0.4) is 0 Å². The van der Waals surface area contributed by atoms with E-state index in [4.69, 9.17) is 0 Å². The number of benzene rings is 1. The molecule has 0 amide bonds. The average molecular weight is 268 g/mol. The van der Waals surface area contributed by atoms with Crippen LogP contribution in [0.4, 0.5) is 0 Å². The Labute approximate surface area is 83.2 Å². The van der Waals surface area contributed by atoms with E-state index >= 15 is 0 Å². The topological polar surface area (TPSA) is 0 Å². The van der Waals surface area contributed by atoms with Crippen LogP contribution in [0.2, 0.25) is 0 Å². The summed E-state index contributed by atoms with van der Waals surface area (Å²) in [5.41, 5.74) is 2.74. The van der Waals surface area contributed by atoms with Crippen LogP contribution in [0.5, 0.6) is 0 Å². The van der Waals surface area contributed by atoms with Crippen LogP contribution in [0, 0.1) is 13.8 Å². The Hall–Kier alpha value is 0.180. The molecule has 0 spiro atoms. The van der Waals surface area contributed by atoms with Crippen molar-refractivity contribution in [3.63, 3.8) is 0 Å². The minimum atomic E-state index is 0. The molecule has 0 bridgehead atoms. The Morgan fingerprint density at radius 3 is 1.30 bits per heavy atom. The SMILES string of the molecule is Br.Br.Cc1ccccc1C. The fourth-order valence-corrected chi connectivity index (χ4v) is 0.663. The molecule has 0 saturated heterocycles. The van der Waals surface area contributed by atoms with Crippen molar-refractivity contribution < 1.29 is 0 Å². The predicted octanol–water partition coefficient (Wildman–Crippen LogP) is 3.46. The van der Waals surface area contributed by atoms with Gasteiger partial charge in [-0.3, -0.25) is 0 Å². The lowest BCUT2D eigenvalue weighted by molar-refractivity contribution is 1.34. The highest BCUT2D eigenvalue weighted by molar-refractivity contribution is 8.93. The molecule has 0 saturated carbocycles. The molecule has 0 aliphatic heterocycles. The van der Waals surface area contributed by atoms with E-state index < -0.39 is 0 Å². The molecule has 0 radical (unpaired) electrons. The lowest BCUT2D eigenvalue weighted by atomic mass is 10.1. The second-order valence-electron chi connectivity index (χ2n) is 2.08. The van der Waals surface area contributed by atoms with Crippen LogP contribution in [0.25, 0.3) is 0 Å². The number of aryl methyl sites for hydroxylation is 2. The van der Waals surface area contributed by atoms with Crippen LogP contribution >= 0.6 is 34.0 Å². The van der Waals surface area contributed by atoms with Gasteiger partial charge in [-0.1, -0.05) is 24.3 Å². The minimum absolute atomic E-state index is 0. The summed E-state index contributed by atoms with van der Waals surface area (Å²) in [5, 5.41) is 0. The molecular weight excluding hydrogens is 256 g/mol. The van der Waals surface area contributed by atoms with Crippen molar-refractivity contribution in [2.45, 2.75) is 13.8 Å². The molecule has 58 valence electrons. The van der Waals surface area contributed by atoms with Gasteiger partial charge in [-0.05, 0) is 25.0 Å². The molecule has 0 fully saturated rings. The quantitative estimate of drug-likeness (QED) is 0.676. The standard InChI is InChI=1S/C8H10.2BrH/c1-7-5-3-4-6-8(7)2;;/h3-6H,1-2H3;2*1H. The molecule has 0 heterocycles. The van der Waals surface area contributed by atoms with Gasteiger partial charge in [-0.2, -0.15) is 0 Å². The first-order valence-corrected chi connectivity index (χ1v) is 2.83. The first-order valence-electron chi connectivity index (χ1n) is 2.83. The highest BCUT2D eigenvalue weighted by atomic mass is 79.9. The van der Waals surface area contributed by atoms with Crippen molar-refractivity contribution in [1.29, 1.82) is 0 Å². The van der Waals surface area contributed by atoms with Gasteiger partial charge in [0.05, 0.1) is 0 Å². The van der Waals surface area contributed by atoms with Crippen LogP contribution in [-0.4, -0.2) is 0 Å². The van der Waals surface area contributed by atoms with Gasteiger partial charge in [0.2, 0.25) is 0 Å². The summed E-state index contributed by atoms with van der Waals surface area (Å²) in [5.74, 6) is 0. The third-order valence-electron chi connectivity index (χ3n) is 1.43. The van der Waals surface area contributed by atoms with E-state index in [0.717, 1.165) is 0 Å². The zero-order valence-electron chi connectivity index (χ0n) is 6.13. The van der Waals surface area contributed by atoms with Gasteiger partial charge >= 0.3 is 0 Å². The fourth-order valence-electron chi connectivity index (χ4n) is 0.663. The molecule has 0 N–H and O–H groups in total. The molecule has 1 rings (SSSR count). The Morgan fingerprint density at radius 1 is 0.800 bits per heavy atom. The number of hydrogen-bond acceptors (Lipinski definition) is 0. The van der Waals surface area contributed by atoms with E-state index in [1.807, 2.05) is 0 Å². The molecule has 0 aliphatic carbocycles. The van der Waals surface area contributed by atoms with Crippen molar-refractivity contribution in [2.24, 2.45) is 0 Å². The van der Waals surface area contributed by atoms with Gasteiger partial charge in [0, 0.05) is 0 Å². The summed E-state index contributed by atoms with van der Waals surface area (Å²) in [6.07, 6.45) is 0. The normalized spacial score (nSPS) is 7.40. The maximum atomic E-state index is 2.12. The molecule has 0 unspecified atom stereocenters. The smallest absolute Gasteiger partial charge is 0.0395 e. The molecule has 10 heavy (non-hydrogen) atoms. The van der Waals surface area contributed by atoms with Gasteiger partial charge < -0.3 is 0 Å². The molecule has 0 aromatic heterocycles. The second kappa shape index (κ2) is 5.93. The zero-order chi connectivity index (χ0) is 5.98. The molecule has 0 atom stereocenters. The Kier molecular flexibility index (Phi) is 7.60. The number of halogens is 2. The Balaban J connectivity index is 0. The van der Waals surface area contributed by atoms with Crippen molar-refractivity contribution >= 4 is 34.0 Å². The summed E-state index contributed by atoms with van der Waals surface area (Å²) in [4.78, 5) is 0. The maximum Gasteiger partial charge on any atom is -0.0395 e. The van der Waals surface area contributed by atoms with E-state index in [2.05, 4.69) is 38.1 Å². The van der Waals surface area contributed by atoms with Crippen LogP contribution in [0.15, 0.2) is 24.3 Å². The first-order chi connectivity index (χ1) is 3.80. The van der Waals surface area contributed by atoms with E-state index in [-0.39, 0.29) is 34.0 Å². The van der Waals surface area contributed by atoms with E-state index in [1.165, 1.54) is 11.1 Å². The van der Waals surface area contributed by atoms with Gasteiger partial charge in [-0.15, -0.1) is 34.0 Å². The lowest BCUT2D eigenvalue weighted by Crippen LogP contribution is -1.74. The Morgan fingerprint density at radius 2 is 1.10 bits per heavy atom. The van der Waals surface area contributed by atoms with Gasteiger partial charge in [-0.25, -0.2) is 0 Å². The van der Waals surface area contributed by atoms with Crippen LogP contribution in [0.1, 0.15) is 11.1 Å². The minimum Gasteiger partial charge on any atom is -0.114 e.